The molecule has 0 aromatic carbocycles. The smallest absolute Gasteiger partial charge is 0.312 e. The molecular weight excluding hydrogens is 200 g/mol. The molecule has 1 saturated carbocycles. The van der Waals surface area contributed by atoms with Gasteiger partial charge in [-0.25, -0.2) is 0 Å². The van der Waals surface area contributed by atoms with Crippen molar-refractivity contribution in [1.29, 1.82) is 0 Å². The van der Waals surface area contributed by atoms with Crippen molar-refractivity contribution in [2.24, 2.45) is 17.3 Å². The first-order valence-electron chi connectivity index (χ1n) is 6.79. The van der Waals surface area contributed by atoms with Gasteiger partial charge in [-0.1, -0.05) is 33.1 Å². The van der Waals surface area contributed by atoms with Crippen molar-refractivity contribution in [2.45, 2.75) is 65.4 Å². The first kappa shape index (κ1) is 11.9. The van der Waals surface area contributed by atoms with Gasteiger partial charge in [0.2, 0.25) is 0 Å². The zero-order valence-electron chi connectivity index (χ0n) is 10.8. The molecular formula is C14H24O2. The van der Waals surface area contributed by atoms with Crippen LogP contribution in [0.5, 0.6) is 0 Å². The standard InChI is InChI=1S/C14H24O2/c1-4-5-8-14(3)11-7-6-10(2)9-12(11)16-13(14)15/h10-12H,4-9H2,1-3H3/t10-,11?,12?,14?/m1/s1. The van der Waals surface area contributed by atoms with E-state index in [0.717, 1.165) is 31.6 Å². The molecule has 0 spiro atoms. The van der Waals surface area contributed by atoms with E-state index in [9.17, 15) is 4.79 Å². The summed E-state index contributed by atoms with van der Waals surface area (Å²) in [6.07, 6.45) is 7.06. The summed E-state index contributed by atoms with van der Waals surface area (Å²) < 4.78 is 5.61. The van der Waals surface area contributed by atoms with Gasteiger partial charge in [-0.15, -0.1) is 0 Å². The average molecular weight is 224 g/mol. The number of hydrogen-bond donors (Lipinski definition) is 0. The lowest BCUT2D eigenvalue weighted by Gasteiger charge is -2.34. The summed E-state index contributed by atoms with van der Waals surface area (Å²) in [5, 5.41) is 0. The Morgan fingerprint density at radius 1 is 1.44 bits per heavy atom. The van der Waals surface area contributed by atoms with E-state index in [0.29, 0.717) is 5.92 Å². The van der Waals surface area contributed by atoms with Crippen LogP contribution in [-0.2, 0) is 9.53 Å². The van der Waals surface area contributed by atoms with Crippen LogP contribution in [0.4, 0.5) is 0 Å². The van der Waals surface area contributed by atoms with E-state index in [2.05, 4.69) is 20.8 Å². The molecule has 2 heteroatoms. The van der Waals surface area contributed by atoms with Crippen LogP contribution in [0.2, 0.25) is 0 Å². The van der Waals surface area contributed by atoms with E-state index in [1.54, 1.807) is 0 Å². The number of carbonyl (C=O) groups is 1. The molecule has 1 heterocycles. The number of esters is 1. The topological polar surface area (TPSA) is 26.3 Å². The average Bonchev–Trinajstić information content (AvgIpc) is 2.48. The predicted octanol–water partition coefficient (Wildman–Crippen LogP) is 3.54. The molecule has 0 aromatic heterocycles. The van der Waals surface area contributed by atoms with Crippen molar-refractivity contribution in [3.05, 3.63) is 0 Å². The molecule has 2 aliphatic rings. The van der Waals surface area contributed by atoms with E-state index in [1.165, 1.54) is 12.8 Å². The predicted molar refractivity (Wildman–Crippen MR) is 64.0 cm³/mol. The molecule has 0 N–H and O–H groups in total. The maximum atomic E-state index is 12.1. The number of ether oxygens (including phenoxy) is 1. The Morgan fingerprint density at radius 3 is 2.88 bits per heavy atom. The van der Waals surface area contributed by atoms with Gasteiger partial charge in [-0.3, -0.25) is 4.79 Å². The SMILES string of the molecule is CCCCC1(C)C(=O)OC2C[C@H](C)CCC21. The summed E-state index contributed by atoms with van der Waals surface area (Å²) in [5.41, 5.74) is -0.180. The molecule has 4 atom stereocenters. The summed E-state index contributed by atoms with van der Waals surface area (Å²) >= 11 is 0. The quantitative estimate of drug-likeness (QED) is 0.685. The van der Waals surface area contributed by atoms with Crippen molar-refractivity contribution in [2.75, 3.05) is 0 Å². The van der Waals surface area contributed by atoms with Crippen LogP contribution in [0.1, 0.15) is 59.3 Å². The number of carbonyl (C=O) groups excluding carboxylic acids is 1. The molecule has 3 unspecified atom stereocenters. The second-order valence-corrected chi connectivity index (χ2v) is 5.99. The molecule has 2 rings (SSSR count). The highest BCUT2D eigenvalue weighted by molar-refractivity contribution is 5.79. The fourth-order valence-corrected chi connectivity index (χ4v) is 3.44. The van der Waals surface area contributed by atoms with Crippen molar-refractivity contribution in [3.63, 3.8) is 0 Å². The van der Waals surface area contributed by atoms with Crippen LogP contribution >= 0.6 is 0 Å². The largest absolute Gasteiger partial charge is 0.462 e. The van der Waals surface area contributed by atoms with Crippen LogP contribution in [0.25, 0.3) is 0 Å². The molecule has 2 fully saturated rings. The number of hydrogen-bond acceptors (Lipinski definition) is 2. The Kier molecular flexibility index (Phi) is 3.27. The number of unbranched alkanes of at least 4 members (excludes halogenated alkanes) is 1. The second kappa shape index (κ2) is 4.38. The summed E-state index contributed by atoms with van der Waals surface area (Å²) in [4.78, 5) is 12.1. The lowest BCUT2D eigenvalue weighted by atomic mass is 9.66. The summed E-state index contributed by atoms with van der Waals surface area (Å²) in [6, 6.07) is 0. The van der Waals surface area contributed by atoms with E-state index in [1.807, 2.05) is 0 Å². The van der Waals surface area contributed by atoms with Gasteiger partial charge < -0.3 is 4.74 Å². The fourth-order valence-electron chi connectivity index (χ4n) is 3.44. The highest BCUT2D eigenvalue weighted by Crippen LogP contribution is 2.50. The van der Waals surface area contributed by atoms with E-state index < -0.39 is 0 Å². The molecule has 0 aromatic rings. The molecule has 2 nitrogen and oxygen atoms in total. The Bertz CT molecular complexity index is 274. The third-order valence-electron chi connectivity index (χ3n) is 4.65. The molecule has 0 bridgehead atoms. The van der Waals surface area contributed by atoms with E-state index in [-0.39, 0.29) is 17.5 Å². The maximum absolute atomic E-state index is 12.1. The third-order valence-corrected chi connectivity index (χ3v) is 4.65. The molecule has 92 valence electrons. The molecule has 0 radical (unpaired) electrons. The maximum Gasteiger partial charge on any atom is 0.312 e. The molecule has 1 saturated heterocycles. The number of rotatable bonds is 3. The zero-order chi connectivity index (χ0) is 11.8. The van der Waals surface area contributed by atoms with Crippen LogP contribution in [0, 0.1) is 17.3 Å². The lowest BCUT2D eigenvalue weighted by molar-refractivity contribution is -0.148. The Balaban J connectivity index is 2.10. The highest BCUT2D eigenvalue weighted by atomic mass is 16.6. The van der Waals surface area contributed by atoms with Gasteiger partial charge in [0, 0.05) is 5.92 Å². The minimum Gasteiger partial charge on any atom is -0.462 e. The Labute approximate surface area is 98.7 Å². The van der Waals surface area contributed by atoms with Crippen LogP contribution in [-0.4, -0.2) is 12.1 Å². The van der Waals surface area contributed by atoms with Crippen molar-refractivity contribution < 1.29 is 9.53 Å². The summed E-state index contributed by atoms with van der Waals surface area (Å²) in [5.74, 6) is 1.29. The van der Waals surface area contributed by atoms with Crippen molar-refractivity contribution >= 4 is 5.97 Å². The van der Waals surface area contributed by atoms with Gasteiger partial charge >= 0.3 is 5.97 Å². The second-order valence-electron chi connectivity index (χ2n) is 5.99. The molecule has 16 heavy (non-hydrogen) atoms. The zero-order valence-corrected chi connectivity index (χ0v) is 10.8. The minimum atomic E-state index is -0.180. The van der Waals surface area contributed by atoms with Crippen molar-refractivity contribution in [1.82, 2.24) is 0 Å². The lowest BCUT2D eigenvalue weighted by Crippen LogP contribution is -2.35. The monoisotopic (exact) mass is 224 g/mol. The first-order chi connectivity index (χ1) is 7.58. The third kappa shape index (κ3) is 1.87. The Hall–Kier alpha value is -0.530. The number of fused-ring (bicyclic) bond motifs is 1. The molecule has 1 aliphatic heterocycles. The van der Waals surface area contributed by atoms with Gasteiger partial charge in [0.1, 0.15) is 6.10 Å². The Morgan fingerprint density at radius 2 is 2.19 bits per heavy atom. The van der Waals surface area contributed by atoms with E-state index in [4.69, 9.17) is 4.74 Å². The van der Waals surface area contributed by atoms with E-state index >= 15 is 0 Å². The van der Waals surface area contributed by atoms with Gasteiger partial charge in [0.25, 0.3) is 0 Å². The van der Waals surface area contributed by atoms with Gasteiger partial charge in [-0.2, -0.15) is 0 Å². The highest BCUT2D eigenvalue weighted by Gasteiger charge is 2.54. The fraction of sp³-hybridized carbons (Fsp3) is 0.929. The van der Waals surface area contributed by atoms with Crippen LogP contribution < -0.4 is 0 Å². The van der Waals surface area contributed by atoms with Gasteiger partial charge in [-0.05, 0) is 32.1 Å². The van der Waals surface area contributed by atoms with Crippen molar-refractivity contribution in [3.8, 4) is 0 Å². The minimum absolute atomic E-state index is 0.0741. The normalized spacial score (nSPS) is 42.9. The first-order valence-corrected chi connectivity index (χ1v) is 6.79. The summed E-state index contributed by atoms with van der Waals surface area (Å²) in [6.45, 7) is 6.58. The van der Waals surface area contributed by atoms with Gasteiger partial charge in [0.05, 0.1) is 5.41 Å². The van der Waals surface area contributed by atoms with Crippen LogP contribution in [0.3, 0.4) is 0 Å². The molecule has 1 aliphatic carbocycles. The van der Waals surface area contributed by atoms with Crippen LogP contribution in [0.15, 0.2) is 0 Å². The molecule has 0 amide bonds. The van der Waals surface area contributed by atoms with Gasteiger partial charge in [0.15, 0.2) is 0 Å². The summed E-state index contributed by atoms with van der Waals surface area (Å²) in [7, 11) is 0.